The average Bonchev–Trinajstić information content (AvgIpc) is 2.72. The minimum Gasteiger partial charge on any atom is -0.379 e. The van der Waals surface area contributed by atoms with Crippen LogP contribution >= 0.6 is 11.8 Å². The molecule has 0 aliphatic carbocycles. The molecule has 0 aromatic heterocycles. The molecular formula is C21H27F3N4OS. The summed E-state index contributed by atoms with van der Waals surface area (Å²) in [5, 5.41) is 0.429. The lowest BCUT2D eigenvalue weighted by atomic mass is 9.75. The fraction of sp³-hybridized carbons (Fsp3) is 0.524. The summed E-state index contributed by atoms with van der Waals surface area (Å²) in [6.07, 6.45) is -0.197. The lowest BCUT2D eigenvalue weighted by Gasteiger charge is -2.40. The monoisotopic (exact) mass is 440 g/mol. The average molecular weight is 441 g/mol. The highest BCUT2D eigenvalue weighted by Crippen LogP contribution is 2.45. The van der Waals surface area contributed by atoms with Crippen molar-refractivity contribution in [2.24, 2.45) is 26.6 Å². The number of nitrogens with zero attached hydrogens (tertiary/aromatic N) is 3. The van der Waals surface area contributed by atoms with Crippen LogP contribution in [0.2, 0.25) is 0 Å². The molecule has 0 radical (unpaired) electrons. The largest absolute Gasteiger partial charge is 0.379 e. The fourth-order valence-corrected chi connectivity index (χ4v) is 4.81. The Morgan fingerprint density at radius 3 is 2.77 bits per heavy atom. The minimum atomic E-state index is -2.59. The second-order valence-electron chi connectivity index (χ2n) is 7.05. The highest BCUT2D eigenvalue weighted by Gasteiger charge is 2.42. The molecule has 30 heavy (non-hydrogen) atoms. The number of aliphatic imine (C=N–C) groups is 3. The van der Waals surface area contributed by atoms with Crippen molar-refractivity contribution in [1.82, 2.24) is 0 Å². The molecule has 0 bridgehead atoms. The Kier molecular flexibility index (Phi) is 8.64. The van der Waals surface area contributed by atoms with Gasteiger partial charge in [0, 0.05) is 24.8 Å². The van der Waals surface area contributed by atoms with Gasteiger partial charge in [-0.25, -0.2) is 13.2 Å². The van der Waals surface area contributed by atoms with E-state index in [9.17, 15) is 18.0 Å². The van der Waals surface area contributed by atoms with Gasteiger partial charge in [0.2, 0.25) is 0 Å². The van der Waals surface area contributed by atoms with Crippen LogP contribution in [0.3, 0.4) is 0 Å². The van der Waals surface area contributed by atoms with E-state index in [-0.39, 0.29) is 23.8 Å². The van der Waals surface area contributed by atoms with E-state index in [0.717, 1.165) is 18.4 Å². The Balaban J connectivity index is 2.35. The van der Waals surface area contributed by atoms with Crippen LogP contribution in [0.4, 0.5) is 13.2 Å². The van der Waals surface area contributed by atoms with Gasteiger partial charge in [-0.15, -0.1) is 0 Å². The summed E-state index contributed by atoms with van der Waals surface area (Å²) in [7, 11) is 1.40. The van der Waals surface area contributed by atoms with E-state index in [1.54, 1.807) is 6.07 Å². The summed E-state index contributed by atoms with van der Waals surface area (Å²) >= 11 is 1.47. The SMILES string of the molecule is CC[C@H]1CSC(N)=N[C@]1(CC)c1cc(CC(=O)C(C=NCC(F)F)=NC)ccc1F. The molecule has 1 aromatic rings. The molecule has 0 saturated heterocycles. The van der Waals surface area contributed by atoms with E-state index in [1.807, 2.05) is 13.8 Å². The van der Waals surface area contributed by atoms with Crippen molar-refractivity contribution in [3.63, 3.8) is 0 Å². The third-order valence-corrected chi connectivity index (χ3v) is 6.25. The van der Waals surface area contributed by atoms with Crippen LogP contribution < -0.4 is 5.73 Å². The van der Waals surface area contributed by atoms with Gasteiger partial charge in [-0.3, -0.25) is 19.8 Å². The molecule has 0 spiro atoms. The molecule has 2 N–H and O–H groups in total. The summed E-state index contributed by atoms with van der Waals surface area (Å²) in [6, 6.07) is 4.54. The lowest BCUT2D eigenvalue weighted by Crippen LogP contribution is -2.40. The van der Waals surface area contributed by atoms with E-state index in [2.05, 4.69) is 15.0 Å². The molecule has 164 valence electrons. The van der Waals surface area contributed by atoms with Crippen LogP contribution in [-0.4, -0.2) is 48.6 Å². The molecule has 0 amide bonds. The Labute approximate surface area is 179 Å². The van der Waals surface area contributed by atoms with Gasteiger partial charge in [-0.2, -0.15) is 0 Å². The van der Waals surface area contributed by atoms with E-state index >= 15 is 0 Å². The number of hydrogen-bond acceptors (Lipinski definition) is 6. The number of thioether (sulfide) groups is 1. The minimum absolute atomic E-state index is 0.00510. The zero-order valence-corrected chi connectivity index (χ0v) is 18.2. The normalized spacial score (nSPS) is 22.6. The molecule has 5 nitrogen and oxygen atoms in total. The zero-order valence-electron chi connectivity index (χ0n) is 17.4. The van der Waals surface area contributed by atoms with E-state index in [1.165, 1.54) is 30.9 Å². The number of rotatable bonds is 9. The third-order valence-electron chi connectivity index (χ3n) is 5.29. The van der Waals surface area contributed by atoms with Crippen LogP contribution in [0, 0.1) is 11.7 Å². The molecule has 1 heterocycles. The summed E-state index contributed by atoms with van der Waals surface area (Å²) in [4.78, 5) is 24.6. The predicted molar refractivity (Wildman–Crippen MR) is 118 cm³/mol. The molecular weight excluding hydrogens is 413 g/mol. The molecule has 1 aliphatic heterocycles. The van der Waals surface area contributed by atoms with Crippen molar-refractivity contribution >= 4 is 34.6 Å². The second-order valence-corrected chi connectivity index (χ2v) is 8.09. The molecule has 0 fully saturated rings. The van der Waals surface area contributed by atoms with Gasteiger partial charge >= 0.3 is 0 Å². The van der Waals surface area contributed by atoms with Gasteiger partial charge in [-0.05, 0) is 36.5 Å². The first kappa shape index (κ1) is 24.1. The number of Topliss-reactive ketones (excluding diaryl/α,β-unsaturated/α-hetero) is 1. The first-order valence-corrected chi connectivity index (χ1v) is 10.8. The Morgan fingerprint density at radius 1 is 1.43 bits per heavy atom. The third kappa shape index (κ3) is 5.50. The van der Waals surface area contributed by atoms with Gasteiger partial charge in [-0.1, -0.05) is 31.7 Å². The summed E-state index contributed by atoms with van der Waals surface area (Å²) < 4.78 is 39.4. The quantitative estimate of drug-likeness (QED) is 0.589. The van der Waals surface area contributed by atoms with Crippen molar-refractivity contribution in [2.75, 3.05) is 19.3 Å². The Hall–Kier alpha value is -2.16. The molecule has 2 atom stereocenters. The summed E-state index contributed by atoms with van der Waals surface area (Å²) in [5.41, 5.74) is 6.21. The second kappa shape index (κ2) is 10.7. The zero-order chi connectivity index (χ0) is 22.3. The number of carbonyl (C=O) groups is 1. The van der Waals surface area contributed by atoms with Gasteiger partial charge in [0.05, 0.1) is 18.3 Å². The topological polar surface area (TPSA) is 80.2 Å². The first-order chi connectivity index (χ1) is 14.3. The van der Waals surface area contributed by atoms with Crippen LogP contribution in [0.5, 0.6) is 0 Å². The van der Waals surface area contributed by atoms with Crippen LogP contribution in [0.15, 0.2) is 33.2 Å². The van der Waals surface area contributed by atoms with Gasteiger partial charge in [0.1, 0.15) is 11.5 Å². The highest BCUT2D eigenvalue weighted by atomic mass is 32.2. The maximum absolute atomic E-state index is 14.9. The molecule has 1 aliphatic rings. The summed E-state index contributed by atoms with van der Waals surface area (Å²) in [6.45, 7) is 3.30. The van der Waals surface area contributed by atoms with Crippen molar-refractivity contribution in [2.45, 2.75) is 45.1 Å². The number of amidine groups is 1. The van der Waals surface area contributed by atoms with Gasteiger partial charge in [0.25, 0.3) is 6.43 Å². The smallest absolute Gasteiger partial charge is 0.257 e. The van der Waals surface area contributed by atoms with E-state index in [4.69, 9.17) is 5.73 Å². The molecule has 9 heteroatoms. The van der Waals surface area contributed by atoms with E-state index < -0.39 is 24.3 Å². The Morgan fingerprint density at radius 2 is 2.17 bits per heavy atom. The summed E-state index contributed by atoms with van der Waals surface area (Å²) in [5.74, 6) is 0.0791. The number of halogens is 3. The first-order valence-electron chi connectivity index (χ1n) is 9.82. The number of ketones is 1. The number of hydrogen-bond donors (Lipinski definition) is 1. The number of nitrogens with two attached hydrogens (primary N) is 1. The van der Waals surface area contributed by atoms with E-state index in [0.29, 0.717) is 22.7 Å². The van der Waals surface area contributed by atoms with Crippen molar-refractivity contribution in [3.05, 3.63) is 35.1 Å². The maximum atomic E-state index is 14.9. The number of benzene rings is 1. The molecule has 1 aromatic carbocycles. The van der Waals surface area contributed by atoms with Crippen LogP contribution in [0.25, 0.3) is 0 Å². The Bertz CT molecular complexity index is 857. The van der Waals surface area contributed by atoms with Gasteiger partial charge < -0.3 is 5.73 Å². The standard InChI is InChI=1S/C21H27F3N4OS/c1-4-14-12-30-20(25)28-21(14,5-2)15-8-13(6-7-16(15)22)9-18(29)17(26-3)10-27-11-19(23)24/h6-8,10,14,19H,4-5,9,11-12H2,1-3H3,(H2,25,28)/t14-,21-/m0/s1. The van der Waals surface area contributed by atoms with Gasteiger partial charge in [0.15, 0.2) is 11.0 Å². The molecule has 2 rings (SSSR count). The van der Waals surface area contributed by atoms with Crippen LogP contribution in [-0.2, 0) is 16.8 Å². The predicted octanol–water partition coefficient (Wildman–Crippen LogP) is 4.04. The molecule has 0 saturated carbocycles. The number of alkyl halides is 2. The van der Waals surface area contributed by atoms with Crippen molar-refractivity contribution < 1.29 is 18.0 Å². The molecule has 0 unspecified atom stereocenters. The van der Waals surface area contributed by atoms with Crippen LogP contribution in [0.1, 0.15) is 37.8 Å². The fourth-order valence-electron chi connectivity index (χ4n) is 3.70. The van der Waals surface area contributed by atoms with Crippen molar-refractivity contribution in [1.29, 1.82) is 0 Å². The number of carbonyl (C=O) groups excluding carboxylic acids is 1. The van der Waals surface area contributed by atoms with Crippen molar-refractivity contribution in [3.8, 4) is 0 Å². The highest BCUT2D eigenvalue weighted by molar-refractivity contribution is 8.13. The maximum Gasteiger partial charge on any atom is 0.257 e. The lowest BCUT2D eigenvalue weighted by molar-refractivity contribution is -0.112.